The highest BCUT2D eigenvalue weighted by atomic mass is 32.2. The zero-order valence-electron chi connectivity index (χ0n) is 9.88. The van der Waals surface area contributed by atoms with Gasteiger partial charge in [-0.3, -0.25) is 0 Å². The van der Waals surface area contributed by atoms with E-state index in [4.69, 9.17) is 4.98 Å². The molecule has 2 atom stereocenters. The van der Waals surface area contributed by atoms with E-state index in [1.165, 1.54) is 42.1 Å². The third-order valence-corrected chi connectivity index (χ3v) is 6.66. The monoisotopic (exact) mass is 254 g/mol. The van der Waals surface area contributed by atoms with Gasteiger partial charge in [0, 0.05) is 10.1 Å². The van der Waals surface area contributed by atoms with Crippen LogP contribution >= 0.6 is 23.1 Å². The molecule has 0 radical (unpaired) electrons. The number of aryl methyl sites for hydroxylation is 2. The number of thioether (sulfide) groups is 1. The lowest BCUT2D eigenvalue weighted by atomic mass is 9.94. The maximum atomic E-state index is 4.91. The summed E-state index contributed by atoms with van der Waals surface area (Å²) in [4.78, 5) is 6.46. The Morgan fingerprint density at radius 3 is 2.94 bits per heavy atom. The van der Waals surface area contributed by atoms with Crippen molar-refractivity contribution in [2.45, 2.75) is 43.4 Å². The number of hydrogen-bond donors (Lipinski definition) is 1. The third-order valence-electron chi connectivity index (χ3n) is 3.98. The van der Waals surface area contributed by atoms with E-state index in [0.29, 0.717) is 5.25 Å². The minimum absolute atomic E-state index is 0.152. The molecule has 0 saturated carbocycles. The summed E-state index contributed by atoms with van der Waals surface area (Å²) in [6.07, 6.45) is 4.99. The summed E-state index contributed by atoms with van der Waals surface area (Å²) in [5.41, 5.74) is 1.54. The van der Waals surface area contributed by atoms with Crippen molar-refractivity contribution < 1.29 is 0 Å². The van der Waals surface area contributed by atoms with Crippen LogP contribution in [0.15, 0.2) is 0 Å². The number of aromatic nitrogens is 1. The van der Waals surface area contributed by atoms with Crippen LogP contribution in [0.5, 0.6) is 0 Å². The molecule has 16 heavy (non-hydrogen) atoms. The van der Waals surface area contributed by atoms with E-state index >= 15 is 0 Å². The van der Waals surface area contributed by atoms with Crippen LogP contribution in [0.1, 0.15) is 35.3 Å². The molecule has 88 valence electrons. The molecule has 3 rings (SSSR count). The van der Waals surface area contributed by atoms with Gasteiger partial charge in [-0.25, -0.2) is 4.98 Å². The molecular formula is C12H18N2S2. The molecule has 1 saturated heterocycles. The number of fused-ring (bicyclic) bond motifs is 1. The minimum atomic E-state index is 0.152. The Labute approximate surface area is 105 Å². The highest BCUT2D eigenvalue weighted by Crippen LogP contribution is 2.45. The topological polar surface area (TPSA) is 24.9 Å². The van der Waals surface area contributed by atoms with Gasteiger partial charge in [0.25, 0.3) is 0 Å². The standard InChI is InChI=1S/C12H18N2S2/c1-8-12(13-2,6-7-15-8)11-14-9-4-3-5-10(9)16-11/h8,13H,3-7H2,1-2H3. The Kier molecular flexibility index (Phi) is 2.76. The van der Waals surface area contributed by atoms with Gasteiger partial charge in [-0.15, -0.1) is 11.3 Å². The molecule has 0 amide bonds. The molecule has 2 heterocycles. The second-order valence-corrected chi connectivity index (χ2v) is 7.26. The van der Waals surface area contributed by atoms with Gasteiger partial charge in [0.2, 0.25) is 0 Å². The van der Waals surface area contributed by atoms with Crippen molar-refractivity contribution in [3.63, 3.8) is 0 Å². The lowest BCUT2D eigenvalue weighted by molar-refractivity contribution is 0.361. The van der Waals surface area contributed by atoms with Gasteiger partial charge in [0.15, 0.2) is 0 Å². The molecule has 1 aromatic rings. The molecule has 1 aliphatic carbocycles. The second kappa shape index (κ2) is 4.00. The minimum Gasteiger partial charge on any atom is -0.308 e. The molecule has 0 aromatic carbocycles. The quantitative estimate of drug-likeness (QED) is 0.878. The van der Waals surface area contributed by atoms with Crippen molar-refractivity contribution in [1.29, 1.82) is 0 Å². The number of nitrogens with one attached hydrogen (secondary N) is 1. The van der Waals surface area contributed by atoms with Crippen LogP contribution in [0.3, 0.4) is 0 Å². The van der Waals surface area contributed by atoms with Gasteiger partial charge in [0.1, 0.15) is 5.01 Å². The number of rotatable bonds is 2. The van der Waals surface area contributed by atoms with Crippen LogP contribution in [0.25, 0.3) is 0 Å². The van der Waals surface area contributed by atoms with Crippen LogP contribution in [0.2, 0.25) is 0 Å². The smallest absolute Gasteiger partial charge is 0.114 e. The zero-order valence-corrected chi connectivity index (χ0v) is 11.5. The van der Waals surface area contributed by atoms with E-state index < -0.39 is 0 Å². The first-order chi connectivity index (χ1) is 7.76. The second-order valence-electron chi connectivity index (χ2n) is 4.73. The molecule has 1 N–H and O–H groups in total. The van der Waals surface area contributed by atoms with E-state index in [0.717, 1.165) is 0 Å². The summed E-state index contributed by atoms with van der Waals surface area (Å²) in [5.74, 6) is 1.26. The van der Waals surface area contributed by atoms with Crippen molar-refractivity contribution in [1.82, 2.24) is 10.3 Å². The summed E-state index contributed by atoms with van der Waals surface area (Å²) >= 11 is 4.03. The average molecular weight is 254 g/mol. The van der Waals surface area contributed by atoms with E-state index in [2.05, 4.69) is 31.1 Å². The third kappa shape index (κ3) is 1.46. The fourth-order valence-corrected chi connectivity index (χ4v) is 5.80. The molecule has 4 heteroatoms. The fraction of sp³-hybridized carbons (Fsp3) is 0.750. The van der Waals surface area contributed by atoms with Crippen LogP contribution in [-0.4, -0.2) is 23.0 Å². The van der Waals surface area contributed by atoms with Gasteiger partial charge in [-0.1, -0.05) is 6.92 Å². The Bertz CT molecular complexity index is 380. The molecule has 0 bridgehead atoms. The van der Waals surface area contributed by atoms with Crippen molar-refractivity contribution in [3.05, 3.63) is 15.6 Å². The molecule has 1 fully saturated rings. The first kappa shape index (κ1) is 11.1. The van der Waals surface area contributed by atoms with Gasteiger partial charge >= 0.3 is 0 Å². The Morgan fingerprint density at radius 2 is 2.31 bits per heavy atom. The highest BCUT2D eigenvalue weighted by molar-refractivity contribution is 8.00. The summed E-state index contributed by atoms with van der Waals surface area (Å²) < 4.78 is 0. The van der Waals surface area contributed by atoms with Crippen molar-refractivity contribution >= 4 is 23.1 Å². The molecule has 2 unspecified atom stereocenters. The number of nitrogens with zero attached hydrogens (tertiary/aromatic N) is 1. The number of hydrogen-bond acceptors (Lipinski definition) is 4. The number of thiazole rings is 1. The summed E-state index contributed by atoms with van der Waals surface area (Å²) in [6, 6.07) is 0. The molecular weight excluding hydrogens is 236 g/mol. The van der Waals surface area contributed by atoms with Gasteiger partial charge in [-0.2, -0.15) is 11.8 Å². The van der Waals surface area contributed by atoms with Crippen LogP contribution in [-0.2, 0) is 18.4 Å². The summed E-state index contributed by atoms with van der Waals surface area (Å²) in [7, 11) is 2.09. The first-order valence-electron chi connectivity index (χ1n) is 6.06. The molecule has 0 spiro atoms. The maximum absolute atomic E-state index is 4.91. The maximum Gasteiger partial charge on any atom is 0.114 e. The van der Waals surface area contributed by atoms with Crippen LogP contribution < -0.4 is 5.32 Å². The molecule has 1 aliphatic heterocycles. The molecule has 2 aliphatic rings. The predicted octanol–water partition coefficient (Wildman–Crippen LogP) is 2.57. The van der Waals surface area contributed by atoms with Crippen molar-refractivity contribution in [2.24, 2.45) is 0 Å². The summed E-state index contributed by atoms with van der Waals surface area (Å²) in [5, 5.41) is 5.55. The predicted molar refractivity (Wildman–Crippen MR) is 71.4 cm³/mol. The summed E-state index contributed by atoms with van der Waals surface area (Å²) in [6.45, 7) is 2.33. The van der Waals surface area contributed by atoms with E-state index in [1.54, 1.807) is 4.88 Å². The first-order valence-corrected chi connectivity index (χ1v) is 7.92. The van der Waals surface area contributed by atoms with Gasteiger partial charge < -0.3 is 5.32 Å². The average Bonchev–Trinajstić information content (AvgIpc) is 2.90. The Hall–Kier alpha value is -0.0600. The largest absolute Gasteiger partial charge is 0.308 e. The normalized spacial score (nSPS) is 33.2. The fourth-order valence-electron chi connectivity index (χ4n) is 2.84. The van der Waals surface area contributed by atoms with E-state index in [-0.39, 0.29) is 5.54 Å². The Morgan fingerprint density at radius 1 is 1.44 bits per heavy atom. The SMILES string of the molecule is CNC1(c2nc3c(s2)CCC3)CCSC1C. The Balaban J connectivity index is 2.00. The lowest BCUT2D eigenvalue weighted by Gasteiger charge is -2.30. The zero-order chi connectivity index (χ0) is 11.2. The van der Waals surface area contributed by atoms with Gasteiger partial charge in [-0.05, 0) is 38.5 Å². The van der Waals surface area contributed by atoms with Crippen LogP contribution in [0, 0.1) is 0 Å². The van der Waals surface area contributed by atoms with Crippen molar-refractivity contribution in [2.75, 3.05) is 12.8 Å². The van der Waals surface area contributed by atoms with Gasteiger partial charge in [0.05, 0.1) is 11.2 Å². The lowest BCUT2D eigenvalue weighted by Crippen LogP contribution is -2.44. The van der Waals surface area contributed by atoms with E-state index in [1.807, 2.05) is 11.3 Å². The van der Waals surface area contributed by atoms with E-state index in [9.17, 15) is 0 Å². The van der Waals surface area contributed by atoms with Crippen molar-refractivity contribution in [3.8, 4) is 0 Å². The molecule has 1 aromatic heterocycles. The van der Waals surface area contributed by atoms with Crippen LogP contribution in [0.4, 0.5) is 0 Å². The highest BCUT2D eigenvalue weighted by Gasteiger charge is 2.44. The molecule has 2 nitrogen and oxygen atoms in total.